The van der Waals surface area contributed by atoms with E-state index in [1.54, 1.807) is 6.07 Å². The Labute approximate surface area is 128 Å². The van der Waals surface area contributed by atoms with Gasteiger partial charge in [0.15, 0.2) is 0 Å². The van der Waals surface area contributed by atoms with Crippen molar-refractivity contribution in [2.75, 3.05) is 18.5 Å². The third-order valence-electron chi connectivity index (χ3n) is 2.83. The molecule has 1 rings (SSSR count). The molecule has 5 heteroatoms. The Morgan fingerprint density at radius 3 is 2.70 bits per heavy atom. The second kappa shape index (κ2) is 8.60. The van der Waals surface area contributed by atoms with Gasteiger partial charge in [-0.3, -0.25) is 0 Å². The van der Waals surface area contributed by atoms with Crippen molar-refractivity contribution in [2.45, 2.75) is 39.4 Å². The van der Waals surface area contributed by atoms with Crippen LogP contribution < -0.4 is 5.32 Å². The van der Waals surface area contributed by atoms with Gasteiger partial charge in [0.2, 0.25) is 0 Å². The van der Waals surface area contributed by atoms with Crippen molar-refractivity contribution >= 4 is 21.6 Å². The van der Waals surface area contributed by atoms with Crippen LogP contribution in [0.4, 0.5) is 10.1 Å². The Morgan fingerprint density at radius 2 is 2.05 bits per heavy atom. The molecule has 0 aromatic heterocycles. The number of halogens is 2. The standard InChI is InChI=1S/C15H23BrFNO2/c1-10(2)6-11(3)20-9-13(19)8-18-15-7-12(17)4-5-14(15)16/h4-5,7,10-11,13,18-19H,6,8-9H2,1-3H3. The molecule has 0 radical (unpaired) electrons. The van der Waals surface area contributed by atoms with Crippen molar-refractivity contribution in [1.82, 2.24) is 0 Å². The summed E-state index contributed by atoms with van der Waals surface area (Å²) in [7, 11) is 0. The van der Waals surface area contributed by atoms with E-state index >= 15 is 0 Å². The summed E-state index contributed by atoms with van der Waals surface area (Å²) in [6.45, 7) is 6.87. The summed E-state index contributed by atoms with van der Waals surface area (Å²) in [4.78, 5) is 0. The zero-order valence-electron chi connectivity index (χ0n) is 12.2. The van der Waals surface area contributed by atoms with Gasteiger partial charge < -0.3 is 15.2 Å². The van der Waals surface area contributed by atoms with Crippen LogP contribution in [-0.4, -0.2) is 30.5 Å². The molecule has 0 spiro atoms. The Balaban J connectivity index is 2.32. The zero-order chi connectivity index (χ0) is 15.1. The van der Waals surface area contributed by atoms with Gasteiger partial charge in [0, 0.05) is 11.0 Å². The fourth-order valence-corrected chi connectivity index (χ4v) is 2.31. The molecule has 0 aliphatic carbocycles. The second-order valence-electron chi connectivity index (χ2n) is 5.43. The van der Waals surface area contributed by atoms with Crippen molar-refractivity contribution < 1.29 is 14.2 Å². The quantitative estimate of drug-likeness (QED) is 0.751. The lowest BCUT2D eigenvalue weighted by Crippen LogP contribution is -2.27. The Kier molecular flexibility index (Phi) is 7.48. The smallest absolute Gasteiger partial charge is 0.125 e. The molecule has 2 unspecified atom stereocenters. The lowest BCUT2D eigenvalue weighted by Gasteiger charge is -2.19. The molecular formula is C15H23BrFNO2. The molecule has 2 atom stereocenters. The highest BCUT2D eigenvalue weighted by Gasteiger charge is 2.10. The van der Waals surface area contributed by atoms with Crippen molar-refractivity contribution in [1.29, 1.82) is 0 Å². The summed E-state index contributed by atoms with van der Waals surface area (Å²) in [5, 5.41) is 12.9. The van der Waals surface area contributed by atoms with E-state index in [1.807, 2.05) is 6.92 Å². The average Bonchev–Trinajstić information content (AvgIpc) is 2.36. The molecule has 20 heavy (non-hydrogen) atoms. The molecule has 3 nitrogen and oxygen atoms in total. The topological polar surface area (TPSA) is 41.5 Å². The van der Waals surface area contributed by atoms with Crippen LogP contribution in [0.1, 0.15) is 27.2 Å². The number of hydrogen-bond donors (Lipinski definition) is 2. The number of aliphatic hydroxyl groups excluding tert-OH is 1. The molecule has 0 saturated heterocycles. The SMILES string of the molecule is CC(C)CC(C)OCC(O)CNc1cc(F)ccc1Br. The fourth-order valence-electron chi connectivity index (χ4n) is 1.93. The summed E-state index contributed by atoms with van der Waals surface area (Å²) < 4.78 is 19.4. The highest BCUT2D eigenvalue weighted by atomic mass is 79.9. The van der Waals surface area contributed by atoms with Crippen LogP contribution in [0.3, 0.4) is 0 Å². The maximum absolute atomic E-state index is 13.1. The van der Waals surface area contributed by atoms with E-state index in [-0.39, 0.29) is 18.5 Å². The molecule has 0 heterocycles. The maximum atomic E-state index is 13.1. The van der Waals surface area contributed by atoms with Crippen LogP contribution in [0.2, 0.25) is 0 Å². The Bertz CT molecular complexity index is 415. The lowest BCUT2D eigenvalue weighted by molar-refractivity contribution is -0.00444. The van der Waals surface area contributed by atoms with Crippen molar-refractivity contribution in [2.24, 2.45) is 5.92 Å². The third-order valence-corrected chi connectivity index (χ3v) is 3.52. The second-order valence-corrected chi connectivity index (χ2v) is 6.29. The number of anilines is 1. The average molecular weight is 348 g/mol. The number of ether oxygens (including phenoxy) is 1. The maximum Gasteiger partial charge on any atom is 0.125 e. The highest BCUT2D eigenvalue weighted by molar-refractivity contribution is 9.10. The summed E-state index contributed by atoms with van der Waals surface area (Å²) in [5.74, 6) is 0.260. The number of nitrogens with one attached hydrogen (secondary N) is 1. The minimum atomic E-state index is -0.625. The summed E-state index contributed by atoms with van der Waals surface area (Å²) in [6, 6.07) is 4.40. The van der Waals surface area contributed by atoms with Crippen LogP contribution in [0.5, 0.6) is 0 Å². The van der Waals surface area contributed by atoms with Gasteiger partial charge in [0.1, 0.15) is 5.82 Å². The van der Waals surface area contributed by atoms with Crippen LogP contribution >= 0.6 is 15.9 Å². The van der Waals surface area contributed by atoms with Gasteiger partial charge in [-0.05, 0) is 53.4 Å². The van der Waals surface area contributed by atoms with Gasteiger partial charge >= 0.3 is 0 Å². The predicted molar refractivity (Wildman–Crippen MR) is 83.5 cm³/mol. The number of aliphatic hydroxyl groups is 1. The number of rotatable bonds is 8. The van der Waals surface area contributed by atoms with Crippen LogP contribution in [0.25, 0.3) is 0 Å². The van der Waals surface area contributed by atoms with Gasteiger partial charge in [-0.25, -0.2) is 4.39 Å². The molecule has 0 bridgehead atoms. The lowest BCUT2D eigenvalue weighted by atomic mass is 10.1. The first-order chi connectivity index (χ1) is 9.38. The molecule has 0 amide bonds. The molecule has 0 fully saturated rings. The van der Waals surface area contributed by atoms with Crippen LogP contribution in [-0.2, 0) is 4.74 Å². The molecule has 0 saturated carbocycles. The Hall–Kier alpha value is -0.650. The van der Waals surface area contributed by atoms with E-state index in [1.165, 1.54) is 12.1 Å². The monoisotopic (exact) mass is 347 g/mol. The first-order valence-electron chi connectivity index (χ1n) is 6.87. The van der Waals surface area contributed by atoms with Gasteiger partial charge in [-0.2, -0.15) is 0 Å². The first-order valence-corrected chi connectivity index (χ1v) is 7.66. The van der Waals surface area contributed by atoms with Crippen molar-refractivity contribution in [3.63, 3.8) is 0 Å². The number of hydrogen-bond acceptors (Lipinski definition) is 3. The minimum Gasteiger partial charge on any atom is -0.389 e. The highest BCUT2D eigenvalue weighted by Crippen LogP contribution is 2.22. The molecule has 0 aliphatic heterocycles. The summed E-state index contributed by atoms with van der Waals surface area (Å²) in [5.41, 5.74) is 0.624. The molecule has 1 aromatic rings. The Morgan fingerprint density at radius 1 is 1.35 bits per heavy atom. The summed E-state index contributed by atoms with van der Waals surface area (Å²) >= 11 is 3.33. The zero-order valence-corrected chi connectivity index (χ0v) is 13.8. The minimum absolute atomic E-state index is 0.130. The molecule has 2 N–H and O–H groups in total. The molecule has 0 aliphatic rings. The largest absolute Gasteiger partial charge is 0.389 e. The summed E-state index contributed by atoms with van der Waals surface area (Å²) in [6.07, 6.45) is 0.473. The van der Waals surface area contributed by atoms with Gasteiger partial charge in [0.25, 0.3) is 0 Å². The molecule has 114 valence electrons. The van der Waals surface area contributed by atoms with Crippen LogP contribution in [0.15, 0.2) is 22.7 Å². The normalized spacial score (nSPS) is 14.3. The van der Waals surface area contributed by atoms with E-state index in [0.29, 0.717) is 18.2 Å². The fraction of sp³-hybridized carbons (Fsp3) is 0.600. The molecular weight excluding hydrogens is 325 g/mol. The van der Waals surface area contributed by atoms with Crippen molar-refractivity contribution in [3.05, 3.63) is 28.5 Å². The van der Waals surface area contributed by atoms with E-state index in [9.17, 15) is 9.50 Å². The third kappa shape index (κ3) is 6.68. The number of benzene rings is 1. The molecule has 1 aromatic carbocycles. The van der Waals surface area contributed by atoms with Gasteiger partial charge in [-0.15, -0.1) is 0 Å². The van der Waals surface area contributed by atoms with E-state index in [2.05, 4.69) is 35.1 Å². The van der Waals surface area contributed by atoms with Crippen molar-refractivity contribution in [3.8, 4) is 0 Å². The van der Waals surface area contributed by atoms with E-state index in [0.717, 1.165) is 10.9 Å². The first kappa shape index (κ1) is 17.4. The van der Waals surface area contributed by atoms with E-state index in [4.69, 9.17) is 4.74 Å². The van der Waals surface area contributed by atoms with E-state index < -0.39 is 6.10 Å². The van der Waals surface area contributed by atoms with Gasteiger partial charge in [-0.1, -0.05) is 13.8 Å². The predicted octanol–water partition coefficient (Wildman–Crippen LogP) is 3.81. The van der Waals surface area contributed by atoms with Gasteiger partial charge in [0.05, 0.1) is 24.5 Å². The van der Waals surface area contributed by atoms with Crippen LogP contribution in [0, 0.1) is 11.7 Å².